The average molecular weight is 599 g/mol. The van der Waals surface area contributed by atoms with E-state index >= 15 is 0 Å². The van der Waals surface area contributed by atoms with E-state index in [-0.39, 0.29) is 23.0 Å². The minimum absolute atomic E-state index is 0.0625. The zero-order valence-electron chi connectivity index (χ0n) is 18.0. The first-order valence-corrected chi connectivity index (χ1v) is 13.0. The molecule has 0 aromatic heterocycles. The van der Waals surface area contributed by atoms with Crippen LogP contribution in [0.3, 0.4) is 0 Å². The SMILES string of the molecule is CC(C)(C)NC1CCN(S(=O)(=O)Nc2ccc(F)c(F)c2Nc2ccc(I)cc2Cl)CC1. The van der Waals surface area contributed by atoms with Crippen molar-refractivity contribution in [3.63, 3.8) is 0 Å². The fourth-order valence-electron chi connectivity index (χ4n) is 3.54. The molecule has 1 saturated heterocycles. The van der Waals surface area contributed by atoms with Crippen LogP contribution in [0.15, 0.2) is 30.3 Å². The Bertz CT molecular complexity index is 1090. The van der Waals surface area contributed by atoms with Crippen molar-refractivity contribution < 1.29 is 17.2 Å². The van der Waals surface area contributed by atoms with E-state index in [0.717, 1.165) is 9.64 Å². The van der Waals surface area contributed by atoms with Gasteiger partial charge in [-0.1, -0.05) is 11.6 Å². The Balaban J connectivity index is 1.80. The summed E-state index contributed by atoms with van der Waals surface area (Å²) in [7, 11) is -3.97. The van der Waals surface area contributed by atoms with E-state index in [1.807, 2.05) is 0 Å². The van der Waals surface area contributed by atoms with Gasteiger partial charge in [-0.2, -0.15) is 12.7 Å². The maximum atomic E-state index is 14.6. The number of benzene rings is 2. The van der Waals surface area contributed by atoms with Crippen molar-refractivity contribution in [3.05, 3.63) is 50.6 Å². The molecule has 0 unspecified atom stereocenters. The highest BCUT2D eigenvalue weighted by Crippen LogP contribution is 2.34. The van der Waals surface area contributed by atoms with Gasteiger partial charge in [-0.3, -0.25) is 4.72 Å². The molecule has 0 radical (unpaired) electrons. The van der Waals surface area contributed by atoms with Gasteiger partial charge >= 0.3 is 10.2 Å². The maximum Gasteiger partial charge on any atom is 0.301 e. The molecule has 11 heteroatoms. The fraction of sp³-hybridized carbons (Fsp3) is 0.429. The molecule has 0 bridgehead atoms. The Hall–Kier alpha value is -1.21. The number of anilines is 3. The third-order valence-electron chi connectivity index (χ3n) is 4.96. The molecule has 32 heavy (non-hydrogen) atoms. The zero-order chi connectivity index (χ0) is 23.7. The summed E-state index contributed by atoms with van der Waals surface area (Å²) in [6.45, 7) is 6.83. The van der Waals surface area contributed by atoms with Crippen molar-refractivity contribution in [1.82, 2.24) is 9.62 Å². The summed E-state index contributed by atoms with van der Waals surface area (Å²) in [5, 5.41) is 6.51. The standard InChI is InChI=1S/C21H26ClF2IN4O2S/c1-21(2,3)27-14-8-10-29(11-9-14)32(30,31)28-18-7-5-16(23)19(24)20(18)26-17-6-4-13(25)12-15(17)22/h4-7,12,14,26-28H,8-11H2,1-3H3. The number of halogens is 4. The van der Waals surface area contributed by atoms with Crippen LogP contribution in [0, 0.1) is 15.2 Å². The van der Waals surface area contributed by atoms with Crippen LogP contribution >= 0.6 is 34.2 Å². The predicted octanol–water partition coefficient (Wildman–Crippen LogP) is 5.48. The van der Waals surface area contributed by atoms with Crippen molar-refractivity contribution in [1.29, 1.82) is 0 Å². The highest BCUT2D eigenvalue weighted by atomic mass is 127. The van der Waals surface area contributed by atoms with Gasteiger partial charge in [0.2, 0.25) is 0 Å². The van der Waals surface area contributed by atoms with Crippen LogP contribution in [0.4, 0.5) is 25.8 Å². The second-order valence-corrected chi connectivity index (χ2v) is 12.0. The Morgan fingerprint density at radius 3 is 2.31 bits per heavy atom. The smallest absolute Gasteiger partial charge is 0.301 e. The lowest BCUT2D eigenvalue weighted by atomic mass is 10.0. The average Bonchev–Trinajstić information content (AvgIpc) is 2.68. The van der Waals surface area contributed by atoms with E-state index in [4.69, 9.17) is 11.6 Å². The molecule has 6 nitrogen and oxygen atoms in total. The number of nitrogens with zero attached hydrogens (tertiary/aromatic N) is 1. The molecule has 176 valence electrons. The summed E-state index contributed by atoms with van der Waals surface area (Å²) in [5.74, 6) is -2.31. The first-order valence-electron chi connectivity index (χ1n) is 10.1. The second kappa shape index (κ2) is 9.96. The Labute approximate surface area is 206 Å². The van der Waals surface area contributed by atoms with Crippen LogP contribution in [0.5, 0.6) is 0 Å². The van der Waals surface area contributed by atoms with Crippen molar-refractivity contribution in [2.24, 2.45) is 0 Å². The number of hydrogen-bond acceptors (Lipinski definition) is 4. The fourth-order valence-corrected chi connectivity index (χ4v) is 5.71. The molecule has 0 saturated carbocycles. The number of hydrogen-bond donors (Lipinski definition) is 3. The number of rotatable bonds is 6. The molecule has 3 N–H and O–H groups in total. The van der Waals surface area contributed by atoms with Crippen LogP contribution in [-0.4, -0.2) is 37.4 Å². The lowest BCUT2D eigenvalue weighted by Crippen LogP contribution is -2.51. The third-order valence-corrected chi connectivity index (χ3v) is 7.46. The quantitative estimate of drug-likeness (QED) is 0.386. The summed E-state index contributed by atoms with van der Waals surface area (Å²) in [5.41, 5.74) is -0.173. The zero-order valence-corrected chi connectivity index (χ0v) is 21.7. The van der Waals surface area contributed by atoms with Crippen molar-refractivity contribution in [3.8, 4) is 0 Å². The van der Waals surface area contributed by atoms with E-state index in [1.165, 1.54) is 10.4 Å². The molecule has 2 aromatic rings. The monoisotopic (exact) mass is 598 g/mol. The maximum absolute atomic E-state index is 14.6. The van der Waals surface area contributed by atoms with Gasteiger partial charge in [-0.15, -0.1) is 0 Å². The third kappa shape index (κ3) is 6.43. The molecule has 1 heterocycles. The second-order valence-electron chi connectivity index (χ2n) is 8.71. The summed E-state index contributed by atoms with van der Waals surface area (Å²) >= 11 is 8.28. The highest BCUT2D eigenvalue weighted by molar-refractivity contribution is 14.1. The molecular weight excluding hydrogens is 573 g/mol. The van der Waals surface area contributed by atoms with Gasteiger partial charge in [0, 0.05) is 28.2 Å². The normalized spacial score (nSPS) is 16.2. The molecule has 1 aliphatic rings. The minimum atomic E-state index is -3.97. The van der Waals surface area contributed by atoms with Gasteiger partial charge in [0.25, 0.3) is 0 Å². The topological polar surface area (TPSA) is 73.5 Å². The van der Waals surface area contributed by atoms with E-state index in [1.54, 1.807) is 18.2 Å². The van der Waals surface area contributed by atoms with Gasteiger partial charge in [0.1, 0.15) is 5.69 Å². The Morgan fingerprint density at radius 1 is 1.09 bits per heavy atom. The van der Waals surface area contributed by atoms with E-state index < -0.39 is 21.8 Å². The lowest BCUT2D eigenvalue weighted by Gasteiger charge is -2.35. The van der Waals surface area contributed by atoms with Crippen molar-refractivity contribution in [2.75, 3.05) is 23.1 Å². The molecule has 3 rings (SSSR count). The van der Waals surface area contributed by atoms with Gasteiger partial charge in [0.05, 0.1) is 16.4 Å². The molecule has 0 aliphatic carbocycles. The lowest BCUT2D eigenvalue weighted by molar-refractivity contribution is 0.252. The molecule has 0 spiro atoms. The van der Waals surface area contributed by atoms with Crippen LogP contribution in [0.1, 0.15) is 33.6 Å². The van der Waals surface area contributed by atoms with Crippen LogP contribution in [-0.2, 0) is 10.2 Å². The van der Waals surface area contributed by atoms with Crippen LogP contribution < -0.4 is 15.4 Å². The van der Waals surface area contributed by atoms with Gasteiger partial charge in [-0.05, 0) is 86.5 Å². The van der Waals surface area contributed by atoms with Gasteiger partial charge in [-0.25, -0.2) is 8.78 Å². The van der Waals surface area contributed by atoms with Gasteiger partial charge < -0.3 is 10.6 Å². The Morgan fingerprint density at radius 2 is 1.72 bits per heavy atom. The predicted molar refractivity (Wildman–Crippen MR) is 134 cm³/mol. The molecule has 2 aromatic carbocycles. The molecule has 0 atom stereocenters. The first kappa shape index (κ1) is 25.4. The molecule has 1 fully saturated rings. The van der Waals surface area contributed by atoms with Gasteiger partial charge in [0.15, 0.2) is 11.6 Å². The van der Waals surface area contributed by atoms with Crippen molar-refractivity contribution >= 4 is 61.5 Å². The summed E-state index contributed by atoms with van der Waals surface area (Å²) in [4.78, 5) is 0. The van der Waals surface area contributed by atoms with E-state index in [0.29, 0.717) is 36.6 Å². The molecular formula is C21H26ClF2IN4O2S. The molecule has 1 aliphatic heterocycles. The van der Waals surface area contributed by atoms with Crippen LogP contribution in [0.2, 0.25) is 5.02 Å². The summed E-state index contributed by atoms with van der Waals surface area (Å²) in [6.07, 6.45) is 1.30. The summed E-state index contributed by atoms with van der Waals surface area (Å²) < 4.78 is 59.1. The van der Waals surface area contributed by atoms with Crippen molar-refractivity contribution in [2.45, 2.75) is 45.2 Å². The number of piperidine rings is 1. The van der Waals surface area contributed by atoms with E-state index in [2.05, 4.69) is 58.7 Å². The first-order chi connectivity index (χ1) is 14.9. The largest absolute Gasteiger partial charge is 0.350 e. The summed E-state index contributed by atoms with van der Waals surface area (Å²) in [6, 6.07) is 7.29. The Kier molecular flexibility index (Phi) is 7.91. The number of nitrogens with one attached hydrogen (secondary N) is 3. The highest BCUT2D eigenvalue weighted by Gasteiger charge is 2.30. The van der Waals surface area contributed by atoms with Crippen LogP contribution in [0.25, 0.3) is 0 Å². The minimum Gasteiger partial charge on any atom is -0.350 e. The molecule has 0 amide bonds. The van der Waals surface area contributed by atoms with E-state index in [9.17, 15) is 17.2 Å².